The number of para-hydroxylation sites is 1. The van der Waals surface area contributed by atoms with Crippen molar-refractivity contribution in [3.63, 3.8) is 0 Å². The van der Waals surface area contributed by atoms with Crippen LogP contribution in [-0.2, 0) is 6.54 Å². The van der Waals surface area contributed by atoms with Crippen molar-refractivity contribution in [2.75, 3.05) is 54.9 Å². The summed E-state index contributed by atoms with van der Waals surface area (Å²) in [5, 5.41) is 24.4. The lowest BCUT2D eigenvalue weighted by molar-refractivity contribution is 0.103. The van der Waals surface area contributed by atoms with E-state index in [1.165, 1.54) is 6.20 Å². The zero-order valence-corrected chi connectivity index (χ0v) is 23.2. The molecule has 15 heteroatoms. The number of benzene rings is 1. The summed E-state index contributed by atoms with van der Waals surface area (Å²) in [4.78, 5) is 35.2. The van der Waals surface area contributed by atoms with Gasteiger partial charge in [-0.25, -0.2) is 4.98 Å². The third kappa shape index (κ3) is 6.96. The highest BCUT2D eigenvalue weighted by molar-refractivity contribution is 7.17. The molecule has 1 aliphatic rings. The number of rotatable bonds is 10. The Morgan fingerprint density at radius 2 is 2.02 bits per heavy atom. The average Bonchev–Trinajstić information content (AvgIpc) is 3.64. The van der Waals surface area contributed by atoms with Crippen LogP contribution in [0.5, 0.6) is 0 Å². The number of hydrogen-bond acceptors (Lipinski definition) is 13. The van der Waals surface area contributed by atoms with Crippen LogP contribution in [0, 0.1) is 6.92 Å². The van der Waals surface area contributed by atoms with E-state index in [0.29, 0.717) is 52.1 Å². The summed E-state index contributed by atoms with van der Waals surface area (Å²) in [6, 6.07) is 9.00. The SMILES string of the molecule is Cc1cccc(Cl)c1NC(=O)c1cnc(Nc2nc(N=NCc3ccco3)nc(N3CCN(CCO)CC3)n2)s1. The third-order valence-corrected chi connectivity index (χ3v) is 7.29. The first-order valence-corrected chi connectivity index (χ1v) is 13.7. The number of amides is 1. The Morgan fingerprint density at radius 1 is 1.18 bits per heavy atom. The number of aromatic nitrogens is 4. The standard InChI is InChI=1S/C25H27ClN10O3S/c1-16-4-2-6-18(26)20(16)29-21(38)19-15-27-25(40-19)33-22-30-23(34-28-14-17-5-3-13-39-17)32-24(31-22)36-9-7-35(8-10-36)11-12-37/h2-6,13,15,37H,7-12,14H2,1H3,(H,29,38)(H,27,30,31,32,33). The summed E-state index contributed by atoms with van der Waals surface area (Å²) in [6.45, 7) is 5.74. The topological polar surface area (TPSA) is 157 Å². The van der Waals surface area contributed by atoms with Crippen molar-refractivity contribution in [1.82, 2.24) is 24.8 Å². The van der Waals surface area contributed by atoms with Crippen LogP contribution in [0.1, 0.15) is 21.0 Å². The van der Waals surface area contributed by atoms with Crippen molar-refractivity contribution < 1.29 is 14.3 Å². The maximum absolute atomic E-state index is 12.9. The number of halogens is 1. The van der Waals surface area contributed by atoms with Crippen molar-refractivity contribution >= 4 is 57.5 Å². The molecule has 0 bridgehead atoms. The van der Waals surface area contributed by atoms with Gasteiger partial charge in [0.1, 0.15) is 17.2 Å². The first-order chi connectivity index (χ1) is 19.5. The minimum Gasteiger partial charge on any atom is -0.467 e. The number of azo groups is 1. The molecule has 1 saturated heterocycles. The van der Waals surface area contributed by atoms with Crippen molar-refractivity contribution in [2.24, 2.45) is 10.2 Å². The second-order valence-electron chi connectivity index (χ2n) is 8.83. The van der Waals surface area contributed by atoms with Crippen molar-refractivity contribution in [2.45, 2.75) is 13.5 Å². The number of β-amino-alcohol motifs (C(OH)–C–C–N with tert-alkyl or cyclic N) is 1. The van der Waals surface area contributed by atoms with Gasteiger partial charge in [-0.05, 0) is 30.7 Å². The van der Waals surface area contributed by atoms with Crippen LogP contribution < -0.4 is 15.5 Å². The fourth-order valence-corrected chi connectivity index (χ4v) is 4.95. The Balaban J connectivity index is 1.33. The van der Waals surface area contributed by atoms with Crippen molar-refractivity contribution in [3.05, 3.63) is 64.0 Å². The van der Waals surface area contributed by atoms with Gasteiger partial charge in [0.15, 0.2) is 5.13 Å². The van der Waals surface area contributed by atoms with E-state index in [9.17, 15) is 9.90 Å². The molecular formula is C25H27ClN10O3S. The summed E-state index contributed by atoms with van der Waals surface area (Å²) < 4.78 is 5.30. The fourth-order valence-electron chi connectivity index (χ4n) is 3.98. The zero-order valence-electron chi connectivity index (χ0n) is 21.6. The van der Waals surface area contributed by atoms with Gasteiger partial charge in [-0.1, -0.05) is 35.1 Å². The number of aliphatic hydroxyl groups excluding tert-OH is 1. The van der Waals surface area contributed by atoms with Crippen molar-refractivity contribution in [1.29, 1.82) is 0 Å². The summed E-state index contributed by atoms with van der Waals surface area (Å²) in [6.07, 6.45) is 3.05. The lowest BCUT2D eigenvalue weighted by Gasteiger charge is -2.34. The second-order valence-corrected chi connectivity index (χ2v) is 10.3. The maximum Gasteiger partial charge on any atom is 0.275 e. The molecular weight excluding hydrogens is 556 g/mol. The number of nitrogens with one attached hydrogen (secondary N) is 2. The lowest BCUT2D eigenvalue weighted by Crippen LogP contribution is -2.47. The fraction of sp³-hybridized carbons (Fsp3) is 0.320. The Kier molecular flexibility index (Phi) is 8.91. The molecule has 208 valence electrons. The van der Waals surface area contributed by atoms with Gasteiger partial charge in [0.05, 0.1) is 29.8 Å². The molecule has 4 heterocycles. The third-order valence-electron chi connectivity index (χ3n) is 6.06. The average molecular weight is 583 g/mol. The monoisotopic (exact) mass is 582 g/mol. The second kappa shape index (κ2) is 12.9. The number of anilines is 4. The normalized spacial score (nSPS) is 14.1. The Bertz CT molecular complexity index is 1450. The molecule has 0 aliphatic carbocycles. The quantitative estimate of drug-likeness (QED) is 0.230. The molecule has 1 amide bonds. The van der Waals surface area contributed by atoms with Gasteiger partial charge in [-0.15, -0.1) is 5.11 Å². The predicted molar refractivity (Wildman–Crippen MR) is 152 cm³/mol. The number of hydrogen-bond donors (Lipinski definition) is 3. The first kappa shape index (κ1) is 27.6. The molecule has 3 N–H and O–H groups in total. The van der Waals surface area contributed by atoms with Crippen molar-refractivity contribution in [3.8, 4) is 0 Å². The summed E-state index contributed by atoms with van der Waals surface area (Å²) in [7, 11) is 0. The largest absolute Gasteiger partial charge is 0.467 e. The summed E-state index contributed by atoms with van der Waals surface area (Å²) in [5.41, 5.74) is 1.41. The lowest BCUT2D eigenvalue weighted by atomic mass is 10.2. The van der Waals surface area contributed by atoms with E-state index >= 15 is 0 Å². The molecule has 4 aromatic rings. The molecule has 1 fully saturated rings. The van der Waals surface area contributed by atoms with E-state index in [2.05, 4.69) is 45.7 Å². The highest BCUT2D eigenvalue weighted by Crippen LogP contribution is 2.28. The smallest absolute Gasteiger partial charge is 0.275 e. The minimum absolute atomic E-state index is 0.117. The van der Waals surface area contributed by atoms with E-state index in [0.717, 1.165) is 30.0 Å². The molecule has 5 rings (SSSR count). The van der Waals surface area contributed by atoms with Crippen LogP contribution in [-0.4, -0.2) is 75.2 Å². The molecule has 1 aromatic carbocycles. The molecule has 0 spiro atoms. The number of furan rings is 1. The van der Waals surface area contributed by atoms with Crippen LogP contribution in [0.15, 0.2) is 57.4 Å². The van der Waals surface area contributed by atoms with E-state index in [4.69, 9.17) is 16.0 Å². The molecule has 0 unspecified atom stereocenters. The molecule has 0 saturated carbocycles. The molecule has 3 aromatic heterocycles. The van der Waals surface area contributed by atoms with Gasteiger partial charge in [-0.2, -0.15) is 20.1 Å². The van der Waals surface area contributed by atoms with Crippen LogP contribution in [0.25, 0.3) is 0 Å². The number of aliphatic hydroxyl groups is 1. The van der Waals surface area contributed by atoms with E-state index < -0.39 is 0 Å². The van der Waals surface area contributed by atoms with Crippen LogP contribution in [0.2, 0.25) is 5.02 Å². The Morgan fingerprint density at radius 3 is 2.77 bits per heavy atom. The van der Waals surface area contributed by atoms with Gasteiger partial charge in [-0.3, -0.25) is 15.0 Å². The van der Waals surface area contributed by atoms with E-state index in [1.807, 2.05) is 24.0 Å². The number of aryl methyl sites for hydroxylation is 1. The van der Waals surface area contributed by atoms with Gasteiger partial charge < -0.3 is 19.7 Å². The van der Waals surface area contributed by atoms with Crippen LogP contribution in [0.4, 0.5) is 28.7 Å². The Hall–Kier alpha value is -3.98. The zero-order chi connectivity index (χ0) is 27.9. The maximum atomic E-state index is 12.9. The number of carbonyl (C=O) groups excluding carboxylic acids is 1. The van der Waals surface area contributed by atoms with Gasteiger partial charge >= 0.3 is 0 Å². The number of carbonyl (C=O) groups is 1. The summed E-state index contributed by atoms with van der Waals surface area (Å²) in [5.74, 6) is 1.12. The van der Waals surface area contributed by atoms with Crippen LogP contribution in [0.3, 0.4) is 0 Å². The minimum atomic E-state index is -0.328. The van der Waals surface area contributed by atoms with Gasteiger partial charge in [0.2, 0.25) is 11.9 Å². The molecule has 1 aliphatic heterocycles. The number of nitrogens with zero attached hydrogens (tertiary/aromatic N) is 8. The Labute approximate surface area is 239 Å². The molecule has 0 radical (unpaired) electrons. The van der Waals surface area contributed by atoms with Crippen LogP contribution >= 0.6 is 22.9 Å². The number of thiazole rings is 1. The van der Waals surface area contributed by atoms with E-state index in [-0.39, 0.29) is 31.0 Å². The number of piperazine rings is 1. The molecule has 0 atom stereocenters. The summed E-state index contributed by atoms with van der Waals surface area (Å²) >= 11 is 7.40. The first-order valence-electron chi connectivity index (χ1n) is 12.5. The molecule has 40 heavy (non-hydrogen) atoms. The van der Waals surface area contributed by atoms with Gasteiger partial charge in [0.25, 0.3) is 11.9 Å². The van der Waals surface area contributed by atoms with Gasteiger partial charge in [0, 0.05) is 32.7 Å². The highest BCUT2D eigenvalue weighted by atomic mass is 35.5. The molecule has 13 nitrogen and oxygen atoms in total. The predicted octanol–water partition coefficient (Wildman–Crippen LogP) is 4.28. The highest BCUT2D eigenvalue weighted by Gasteiger charge is 2.21. The van der Waals surface area contributed by atoms with E-state index in [1.54, 1.807) is 24.5 Å².